The van der Waals surface area contributed by atoms with Gasteiger partial charge in [0.25, 0.3) is 0 Å². The highest BCUT2D eigenvalue weighted by molar-refractivity contribution is 5.86. The molecule has 0 fully saturated rings. The van der Waals surface area contributed by atoms with Crippen molar-refractivity contribution >= 4 is 17.8 Å². The van der Waals surface area contributed by atoms with Crippen LogP contribution in [0.1, 0.15) is 42.4 Å². The molecule has 36 heavy (non-hydrogen) atoms. The molecule has 7 nitrogen and oxygen atoms in total. The van der Waals surface area contributed by atoms with E-state index in [1.807, 2.05) is 66.7 Å². The Hall–Kier alpha value is -3.45. The molecule has 0 aromatic heterocycles. The highest BCUT2D eigenvalue weighted by Gasteiger charge is 2.32. The van der Waals surface area contributed by atoms with E-state index in [0.717, 1.165) is 16.7 Å². The van der Waals surface area contributed by atoms with Crippen LogP contribution in [0, 0.1) is 5.92 Å². The number of aliphatic hydroxyl groups excluding tert-OH is 1. The molecule has 190 valence electrons. The zero-order valence-corrected chi connectivity index (χ0v) is 20.5. The number of benzene rings is 2. The zero-order valence-electron chi connectivity index (χ0n) is 20.5. The van der Waals surface area contributed by atoms with Gasteiger partial charge in [-0.1, -0.05) is 66.7 Å². The minimum Gasteiger partial charge on any atom is -0.463 e. The summed E-state index contributed by atoms with van der Waals surface area (Å²) in [4.78, 5) is 40.6. The second-order valence-corrected chi connectivity index (χ2v) is 9.56. The van der Waals surface area contributed by atoms with Gasteiger partial charge in [-0.25, -0.2) is 0 Å². The number of hydrogen-bond acceptors (Lipinski definition) is 5. The number of allylic oxidation sites excluding steroid dienone is 2. The fourth-order valence-electron chi connectivity index (χ4n) is 4.87. The molecule has 0 spiro atoms. The standard InChI is InChI=1S/C29H34N2O5/c32-19-26-16-22-11-7-8-13-24(22)18-31(26)27(33)17-23-12-5-2-6-14-28(34)36-20-25(30-29(23)35)15-21-9-3-1-4-10-21/h1-5,7-11,13,23,25-26,32H,6,12,14-20H2,(H,30,35). The van der Waals surface area contributed by atoms with Crippen LogP contribution >= 0.6 is 0 Å². The number of aliphatic hydroxyl groups is 1. The fraction of sp³-hybridized carbons (Fsp3) is 0.414. The SMILES string of the molecule is O=C1CCC=CCC(CC(=O)N2Cc3ccccc3CC2CO)C(=O)NC(Cc2ccccc2)CO1. The molecular formula is C29H34N2O5. The number of amides is 2. The van der Waals surface area contributed by atoms with Crippen LogP contribution in [0.15, 0.2) is 66.7 Å². The first-order valence-corrected chi connectivity index (χ1v) is 12.7. The van der Waals surface area contributed by atoms with Gasteiger partial charge in [0.2, 0.25) is 11.8 Å². The number of fused-ring (bicyclic) bond motifs is 1. The first kappa shape index (κ1) is 25.6. The van der Waals surface area contributed by atoms with E-state index in [2.05, 4.69) is 5.32 Å². The fourth-order valence-corrected chi connectivity index (χ4v) is 4.87. The van der Waals surface area contributed by atoms with E-state index in [-0.39, 0.29) is 49.9 Å². The van der Waals surface area contributed by atoms with E-state index >= 15 is 0 Å². The Morgan fingerprint density at radius 1 is 1.03 bits per heavy atom. The molecule has 4 rings (SSSR count). The highest BCUT2D eigenvalue weighted by atomic mass is 16.5. The molecule has 2 N–H and O–H groups in total. The summed E-state index contributed by atoms with van der Waals surface area (Å²) in [5.41, 5.74) is 3.24. The first-order valence-electron chi connectivity index (χ1n) is 12.7. The number of cyclic esters (lactones) is 1. The lowest BCUT2D eigenvalue weighted by Gasteiger charge is -2.36. The van der Waals surface area contributed by atoms with Gasteiger partial charge in [0, 0.05) is 19.4 Å². The number of ether oxygens (including phenoxy) is 1. The number of nitrogens with one attached hydrogen (secondary N) is 1. The van der Waals surface area contributed by atoms with Crippen molar-refractivity contribution in [3.63, 3.8) is 0 Å². The van der Waals surface area contributed by atoms with Crippen LogP contribution in [0.3, 0.4) is 0 Å². The van der Waals surface area contributed by atoms with Crippen molar-refractivity contribution < 1.29 is 24.2 Å². The van der Waals surface area contributed by atoms with Gasteiger partial charge in [-0.05, 0) is 42.4 Å². The van der Waals surface area contributed by atoms with Crippen LogP contribution in [-0.2, 0) is 38.5 Å². The van der Waals surface area contributed by atoms with Gasteiger partial charge in [-0.3, -0.25) is 14.4 Å². The summed E-state index contributed by atoms with van der Waals surface area (Å²) in [7, 11) is 0. The maximum absolute atomic E-state index is 13.4. The van der Waals surface area contributed by atoms with Crippen LogP contribution in [0.2, 0.25) is 0 Å². The summed E-state index contributed by atoms with van der Waals surface area (Å²) in [6.45, 7) is 0.387. The van der Waals surface area contributed by atoms with Crippen molar-refractivity contribution in [1.82, 2.24) is 10.2 Å². The third-order valence-electron chi connectivity index (χ3n) is 6.90. The predicted octanol–water partition coefficient (Wildman–Crippen LogP) is 2.95. The topological polar surface area (TPSA) is 95.9 Å². The van der Waals surface area contributed by atoms with Crippen molar-refractivity contribution in [3.8, 4) is 0 Å². The molecule has 2 heterocycles. The van der Waals surface area contributed by atoms with Gasteiger partial charge in [0.15, 0.2) is 0 Å². The van der Waals surface area contributed by atoms with E-state index in [4.69, 9.17) is 4.74 Å². The van der Waals surface area contributed by atoms with Gasteiger partial charge < -0.3 is 20.1 Å². The van der Waals surface area contributed by atoms with Crippen molar-refractivity contribution in [3.05, 3.63) is 83.4 Å². The van der Waals surface area contributed by atoms with Crippen LogP contribution in [-0.4, -0.2) is 53.1 Å². The second kappa shape index (κ2) is 12.5. The third-order valence-corrected chi connectivity index (χ3v) is 6.90. The third kappa shape index (κ3) is 6.82. The Labute approximate surface area is 212 Å². The molecule has 0 saturated carbocycles. The van der Waals surface area contributed by atoms with Crippen molar-refractivity contribution in [1.29, 1.82) is 0 Å². The Kier molecular flexibility index (Phi) is 8.90. The molecule has 2 aliphatic heterocycles. The smallest absolute Gasteiger partial charge is 0.306 e. The molecule has 3 unspecified atom stereocenters. The summed E-state index contributed by atoms with van der Waals surface area (Å²) >= 11 is 0. The average Bonchev–Trinajstić information content (AvgIpc) is 2.89. The van der Waals surface area contributed by atoms with Crippen molar-refractivity contribution in [2.75, 3.05) is 13.2 Å². The van der Waals surface area contributed by atoms with Crippen molar-refractivity contribution in [2.24, 2.45) is 5.92 Å². The van der Waals surface area contributed by atoms with Gasteiger partial charge in [0.1, 0.15) is 6.61 Å². The largest absolute Gasteiger partial charge is 0.463 e. The molecule has 0 aliphatic carbocycles. The maximum atomic E-state index is 13.4. The molecule has 3 atom stereocenters. The van der Waals surface area contributed by atoms with Crippen LogP contribution in [0.5, 0.6) is 0 Å². The number of carbonyl (C=O) groups excluding carboxylic acids is 3. The normalized spacial score (nSPS) is 23.0. The quantitative estimate of drug-likeness (QED) is 0.496. The summed E-state index contributed by atoms with van der Waals surface area (Å²) in [5, 5.41) is 13.0. The van der Waals surface area contributed by atoms with Crippen LogP contribution in [0.25, 0.3) is 0 Å². The highest BCUT2D eigenvalue weighted by Crippen LogP contribution is 2.25. The molecular weight excluding hydrogens is 456 g/mol. The monoisotopic (exact) mass is 490 g/mol. The summed E-state index contributed by atoms with van der Waals surface area (Å²) in [6.07, 6.45) is 6.10. The van der Waals surface area contributed by atoms with Gasteiger partial charge in [0.05, 0.1) is 24.6 Å². The average molecular weight is 491 g/mol. The molecule has 0 bridgehead atoms. The molecule has 0 saturated heterocycles. The Bertz CT molecular complexity index is 1080. The van der Waals surface area contributed by atoms with E-state index in [9.17, 15) is 19.5 Å². The molecule has 2 aromatic carbocycles. The van der Waals surface area contributed by atoms with Gasteiger partial charge >= 0.3 is 5.97 Å². The minimum atomic E-state index is -0.557. The number of hydrogen-bond donors (Lipinski definition) is 2. The number of esters is 1. The Morgan fingerprint density at radius 2 is 1.78 bits per heavy atom. The first-order chi connectivity index (χ1) is 17.5. The lowest BCUT2D eigenvalue weighted by molar-refractivity contribution is -0.145. The van der Waals surface area contributed by atoms with E-state index < -0.39 is 12.0 Å². The number of rotatable bonds is 5. The van der Waals surface area contributed by atoms with Crippen molar-refractivity contribution in [2.45, 2.75) is 57.2 Å². The Balaban J connectivity index is 1.49. The number of nitrogens with zero attached hydrogens (tertiary/aromatic N) is 1. The van der Waals surface area contributed by atoms with E-state index in [1.54, 1.807) is 4.90 Å². The van der Waals surface area contributed by atoms with Crippen LogP contribution in [0.4, 0.5) is 0 Å². The van der Waals surface area contributed by atoms with E-state index in [0.29, 0.717) is 32.2 Å². The number of carbonyl (C=O) groups is 3. The lowest BCUT2D eigenvalue weighted by Crippen LogP contribution is -2.48. The van der Waals surface area contributed by atoms with Gasteiger partial charge in [-0.15, -0.1) is 0 Å². The summed E-state index contributed by atoms with van der Waals surface area (Å²) in [6, 6.07) is 17.0. The molecule has 0 radical (unpaired) electrons. The maximum Gasteiger partial charge on any atom is 0.306 e. The second-order valence-electron chi connectivity index (χ2n) is 9.56. The molecule has 2 amide bonds. The summed E-state index contributed by atoms with van der Waals surface area (Å²) in [5.74, 6) is -1.22. The Morgan fingerprint density at radius 3 is 2.56 bits per heavy atom. The van der Waals surface area contributed by atoms with Gasteiger partial charge in [-0.2, -0.15) is 0 Å². The van der Waals surface area contributed by atoms with Crippen LogP contribution < -0.4 is 5.32 Å². The molecule has 2 aliphatic rings. The molecule has 2 aromatic rings. The minimum absolute atomic E-state index is 0.0483. The molecule has 7 heteroatoms. The predicted molar refractivity (Wildman–Crippen MR) is 136 cm³/mol. The summed E-state index contributed by atoms with van der Waals surface area (Å²) < 4.78 is 5.43. The van der Waals surface area contributed by atoms with E-state index in [1.165, 1.54) is 0 Å². The zero-order chi connectivity index (χ0) is 25.3. The lowest BCUT2D eigenvalue weighted by atomic mass is 9.92.